The topological polar surface area (TPSA) is 62.0 Å². The van der Waals surface area contributed by atoms with Gasteiger partial charge >= 0.3 is 0 Å². The quantitative estimate of drug-likeness (QED) is 0.717. The fourth-order valence-corrected chi connectivity index (χ4v) is 3.01. The Balaban J connectivity index is 1.80. The summed E-state index contributed by atoms with van der Waals surface area (Å²) in [5.41, 5.74) is 3.19. The van der Waals surface area contributed by atoms with Crippen LogP contribution in [0.3, 0.4) is 0 Å². The molecule has 1 amide bonds. The van der Waals surface area contributed by atoms with Crippen molar-refractivity contribution in [2.75, 3.05) is 5.32 Å². The van der Waals surface area contributed by atoms with Crippen molar-refractivity contribution >= 4 is 34.1 Å². The Hall–Kier alpha value is -2.59. The summed E-state index contributed by atoms with van der Waals surface area (Å²) in [6.07, 6.45) is 2.09. The maximum atomic E-state index is 12.2. The Bertz CT molecular complexity index is 962. The molecular formula is C20H19ClN2O2. The van der Waals surface area contributed by atoms with Crippen molar-refractivity contribution < 1.29 is 4.79 Å². The first kappa shape index (κ1) is 17.2. The van der Waals surface area contributed by atoms with E-state index in [-0.39, 0.29) is 17.9 Å². The van der Waals surface area contributed by atoms with Gasteiger partial charge in [-0.1, -0.05) is 43.1 Å². The molecule has 0 spiro atoms. The molecule has 1 heterocycles. The molecule has 4 nitrogen and oxygen atoms in total. The van der Waals surface area contributed by atoms with E-state index in [4.69, 9.17) is 11.6 Å². The van der Waals surface area contributed by atoms with E-state index < -0.39 is 0 Å². The Labute approximate surface area is 150 Å². The third-order valence-corrected chi connectivity index (χ3v) is 4.26. The smallest absolute Gasteiger partial charge is 0.248 e. The van der Waals surface area contributed by atoms with Gasteiger partial charge in [-0.3, -0.25) is 9.59 Å². The van der Waals surface area contributed by atoms with Gasteiger partial charge in [-0.05, 0) is 41.8 Å². The number of benzene rings is 2. The number of carbonyl (C=O) groups is 1. The van der Waals surface area contributed by atoms with Crippen LogP contribution in [0.4, 0.5) is 5.69 Å². The number of nitrogens with one attached hydrogen (secondary N) is 2. The number of anilines is 1. The Morgan fingerprint density at radius 2 is 1.88 bits per heavy atom. The number of hydrogen-bond donors (Lipinski definition) is 2. The van der Waals surface area contributed by atoms with Crippen LogP contribution < -0.4 is 10.9 Å². The molecule has 0 aliphatic heterocycles. The molecule has 128 valence electrons. The van der Waals surface area contributed by atoms with Crippen LogP contribution in [-0.4, -0.2) is 10.9 Å². The molecule has 0 fully saturated rings. The van der Waals surface area contributed by atoms with E-state index in [1.54, 1.807) is 24.3 Å². The summed E-state index contributed by atoms with van der Waals surface area (Å²) < 4.78 is 0. The van der Waals surface area contributed by atoms with E-state index >= 15 is 0 Å². The molecule has 0 aliphatic rings. The molecule has 25 heavy (non-hydrogen) atoms. The number of halogens is 1. The first-order chi connectivity index (χ1) is 12.0. The molecular weight excluding hydrogens is 336 g/mol. The van der Waals surface area contributed by atoms with Crippen molar-refractivity contribution in [1.29, 1.82) is 0 Å². The van der Waals surface area contributed by atoms with Crippen LogP contribution in [0.15, 0.2) is 53.3 Å². The number of rotatable bonds is 5. The van der Waals surface area contributed by atoms with Crippen LogP contribution in [0.5, 0.6) is 0 Å². The van der Waals surface area contributed by atoms with Gasteiger partial charge in [-0.25, -0.2) is 0 Å². The first-order valence-electron chi connectivity index (χ1n) is 8.25. The Morgan fingerprint density at radius 3 is 2.60 bits per heavy atom. The minimum atomic E-state index is -0.124. The highest BCUT2D eigenvalue weighted by atomic mass is 35.5. The highest BCUT2D eigenvalue weighted by molar-refractivity contribution is 6.30. The molecule has 2 aromatic carbocycles. The average Bonchev–Trinajstić information content (AvgIpc) is 2.56. The monoisotopic (exact) mass is 354 g/mol. The van der Waals surface area contributed by atoms with Crippen LogP contribution in [0.25, 0.3) is 10.9 Å². The summed E-state index contributed by atoms with van der Waals surface area (Å²) in [6, 6.07) is 14.4. The van der Waals surface area contributed by atoms with E-state index in [9.17, 15) is 9.59 Å². The first-order valence-corrected chi connectivity index (χ1v) is 8.63. The summed E-state index contributed by atoms with van der Waals surface area (Å²) in [6.45, 7) is 2.08. The van der Waals surface area contributed by atoms with Crippen molar-refractivity contribution in [2.45, 2.75) is 26.2 Å². The summed E-state index contributed by atoms with van der Waals surface area (Å²) in [4.78, 5) is 26.9. The van der Waals surface area contributed by atoms with Gasteiger partial charge in [0.25, 0.3) is 0 Å². The maximum absolute atomic E-state index is 12.2. The van der Waals surface area contributed by atoms with E-state index in [1.807, 2.05) is 24.3 Å². The zero-order valence-electron chi connectivity index (χ0n) is 13.9. The number of aryl methyl sites for hydroxylation is 1. The van der Waals surface area contributed by atoms with Gasteiger partial charge in [0.15, 0.2) is 0 Å². The third kappa shape index (κ3) is 4.28. The lowest BCUT2D eigenvalue weighted by Crippen LogP contribution is -2.14. The van der Waals surface area contributed by atoms with Crippen LogP contribution in [0.1, 0.15) is 24.5 Å². The van der Waals surface area contributed by atoms with E-state index in [0.717, 1.165) is 34.9 Å². The van der Waals surface area contributed by atoms with E-state index in [0.29, 0.717) is 10.7 Å². The van der Waals surface area contributed by atoms with E-state index in [1.165, 1.54) is 0 Å². The number of amides is 1. The van der Waals surface area contributed by atoms with Crippen molar-refractivity contribution in [2.24, 2.45) is 0 Å². The molecule has 0 atom stereocenters. The van der Waals surface area contributed by atoms with Crippen LogP contribution in [0.2, 0.25) is 5.02 Å². The molecule has 0 radical (unpaired) electrons. The molecule has 2 N–H and O–H groups in total. The van der Waals surface area contributed by atoms with Crippen LogP contribution in [0, 0.1) is 0 Å². The largest absolute Gasteiger partial charge is 0.326 e. The second kappa shape index (κ2) is 7.53. The molecule has 1 aromatic heterocycles. The average molecular weight is 355 g/mol. The van der Waals surface area contributed by atoms with Crippen LogP contribution in [-0.2, 0) is 17.6 Å². The summed E-state index contributed by atoms with van der Waals surface area (Å²) in [5.74, 6) is -0.117. The number of aromatic amines is 1. The van der Waals surface area contributed by atoms with Crippen LogP contribution >= 0.6 is 11.6 Å². The number of hydrogen-bond acceptors (Lipinski definition) is 2. The fourth-order valence-electron chi connectivity index (χ4n) is 2.88. The number of fused-ring (bicyclic) bond motifs is 1. The Kier molecular flexibility index (Phi) is 5.19. The Morgan fingerprint density at radius 1 is 1.12 bits per heavy atom. The molecule has 0 saturated carbocycles. The molecule has 0 aliphatic carbocycles. The van der Waals surface area contributed by atoms with E-state index in [2.05, 4.69) is 17.2 Å². The van der Waals surface area contributed by atoms with Gasteiger partial charge < -0.3 is 10.3 Å². The predicted molar refractivity (Wildman–Crippen MR) is 102 cm³/mol. The minimum Gasteiger partial charge on any atom is -0.326 e. The zero-order valence-corrected chi connectivity index (χ0v) is 14.7. The van der Waals surface area contributed by atoms with Gasteiger partial charge in [0.05, 0.1) is 11.9 Å². The van der Waals surface area contributed by atoms with Gasteiger partial charge in [0, 0.05) is 22.2 Å². The second-order valence-electron chi connectivity index (χ2n) is 6.02. The summed E-state index contributed by atoms with van der Waals surface area (Å²) in [5, 5.41) is 4.53. The number of carbonyl (C=O) groups excluding carboxylic acids is 1. The zero-order chi connectivity index (χ0) is 17.8. The van der Waals surface area contributed by atoms with Gasteiger partial charge in [-0.2, -0.15) is 0 Å². The summed E-state index contributed by atoms with van der Waals surface area (Å²) >= 11 is 5.85. The van der Waals surface area contributed by atoms with Crippen molar-refractivity contribution in [3.05, 3.63) is 75.0 Å². The molecule has 0 unspecified atom stereocenters. The van der Waals surface area contributed by atoms with Gasteiger partial charge in [0.2, 0.25) is 11.5 Å². The number of pyridine rings is 1. The number of H-pyrrole nitrogens is 1. The molecule has 3 rings (SSSR count). The van der Waals surface area contributed by atoms with Gasteiger partial charge in [0.1, 0.15) is 0 Å². The minimum absolute atomic E-state index is 0.117. The lowest BCUT2D eigenvalue weighted by Gasteiger charge is -2.09. The third-order valence-electron chi connectivity index (χ3n) is 4.01. The molecule has 0 bridgehead atoms. The van der Waals surface area contributed by atoms with Gasteiger partial charge in [-0.15, -0.1) is 0 Å². The highest BCUT2D eigenvalue weighted by Gasteiger charge is 2.07. The number of aromatic nitrogens is 1. The molecule has 3 aromatic rings. The van der Waals surface area contributed by atoms with Crippen molar-refractivity contribution in [1.82, 2.24) is 4.98 Å². The fraction of sp³-hybridized carbons (Fsp3) is 0.200. The lowest BCUT2D eigenvalue weighted by atomic mass is 10.0. The molecule has 0 saturated heterocycles. The second-order valence-corrected chi connectivity index (χ2v) is 6.46. The standard InChI is InChI=1S/C20H19ClN2O2/c1-2-3-14-11-20(25)23-18-12-16(8-9-17(14)18)22-19(24)10-13-4-6-15(21)7-5-13/h4-9,11-12H,2-3,10H2,1H3,(H,22,24)(H,23,25). The lowest BCUT2D eigenvalue weighted by molar-refractivity contribution is -0.115. The SMILES string of the molecule is CCCc1cc(=O)[nH]c2cc(NC(=O)Cc3ccc(Cl)cc3)ccc12. The van der Waals surface area contributed by atoms with Crippen molar-refractivity contribution in [3.63, 3.8) is 0 Å². The van der Waals surface area contributed by atoms with Crippen molar-refractivity contribution in [3.8, 4) is 0 Å². The normalized spacial score (nSPS) is 10.8. The maximum Gasteiger partial charge on any atom is 0.248 e. The highest BCUT2D eigenvalue weighted by Crippen LogP contribution is 2.21. The molecule has 5 heteroatoms. The predicted octanol–water partition coefficient (Wildman–Crippen LogP) is 4.32. The summed E-state index contributed by atoms with van der Waals surface area (Å²) in [7, 11) is 0.